The second kappa shape index (κ2) is 5.65. The molecule has 2 saturated heterocycles. The van der Waals surface area contributed by atoms with Crippen molar-refractivity contribution >= 4 is 17.4 Å². The number of piperazine rings is 1. The molecular weight excluding hydrogens is 262 g/mol. The number of pyridine rings is 1. The number of hydrogen-bond donors (Lipinski definition) is 1. The molecule has 0 radical (unpaired) electrons. The molecule has 1 aromatic rings. The third-order valence-corrected chi connectivity index (χ3v) is 4.48. The highest BCUT2D eigenvalue weighted by Gasteiger charge is 2.30. The minimum absolute atomic E-state index is 0.0105. The van der Waals surface area contributed by atoms with E-state index in [1.807, 2.05) is 6.07 Å². The number of fused-ring (bicyclic) bond motifs is 1. The molecule has 5 heteroatoms. The van der Waals surface area contributed by atoms with Gasteiger partial charge in [-0.2, -0.15) is 0 Å². The zero-order valence-electron chi connectivity index (χ0n) is 11.1. The van der Waals surface area contributed by atoms with Gasteiger partial charge in [-0.05, 0) is 31.0 Å². The molecule has 2 aliphatic rings. The van der Waals surface area contributed by atoms with Gasteiger partial charge < -0.3 is 10.0 Å². The molecule has 3 rings (SSSR count). The third kappa shape index (κ3) is 2.71. The summed E-state index contributed by atoms with van der Waals surface area (Å²) in [5.41, 5.74) is 0.769. The molecular formula is C14H20ClN3O. The summed E-state index contributed by atoms with van der Waals surface area (Å²) in [6.45, 7) is 4.34. The smallest absolute Gasteiger partial charge is 0.147 e. The number of aliphatic hydroxyl groups is 1. The molecule has 2 fully saturated rings. The number of hydrogen-bond acceptors (Lipinski definition) is 4. The lowest BCUT2D eigenvalue weighted by Crippen LogP contribution is -2.55. The van der Waals surface area contributed by atoms with Crippen LogP contribution in [0.4, 0.5) is 5.82 Å². The van der Waals surface area contributed by atoms with Crippen LogP contribution in [0.1, 0.15) is 24.8 Å². The van der Waals surface area contributed by atoms with Crippen molar-refractivity contribution in [3.63, 3.8) is 0 Å². The predicted octanol–water partition coefficient (Wildman–Crippen LogP) is 1.90. The maximum Gasteiger partial charge on any atom is 0.147 e. The molecule has 1 unspecified atom stereocenters. The molecule has 0 saturated carbocycles. The summed E-state index contributed by atoms with van der Waals surface area (Å²) in [5.74, 6) is 0.865. The maximum atomic E-state index is 9.10. The zero-order chi connectivity index (χ0) is 13.2. The van der Waals surface area contributed by atoms with Crippen LogP contribution in [0.3, 0.4) is 0 Å². The molecule has 0 amide bonds. The molecule has 0 bridgehead atoms. The first kappa shape index (κ1) is 13.2. The summed E-state index contributed by atoms with van der Waals surface area (Å²) in [6, 6.07) is 2.47. The van der Waals surface area contributed by atoms with E-state index < -0.39 is 0 Å². The summed E-state index contributed by atoms with van der Waals surface area (Å²) >= 11 is 6.29. The van der Waals surface area contributed by atoms with E-state index in [1.54, 1.807) is 6.20 Å². The van der Waals surface area contributed by atoms with Crippen molar-refractivity contribution in [2.24, 2.45) is 0 Å². The van der Waals surface area contributed by atoms with Crippen LogP contribution in [0.2, 0.25) is 5.02 Å². The Labute approximate surface area is 119 Å². The number of anilines is 1. The lowest BCUT2D eigenvalue weighted by Gasteiger charge is -2.44. The van der Waals surface area contributed by atoms with Crippen molar-refractivity contribution in [3.8, 4) is 0 Å². The molecule has 0 spiro atoms. The fourth-order valence-corrected chi connectivity index (χ4v) is 3.45. The first-order valence-corrected chi connectivity index (χ1v) is 7.40. The Balaban J connectivity index is 1.75. The summed E-state index contributed by atoms with van der Waals surface area (Å²) in [7, 11) is 0. The van der Waals surface area contributed by atoms with Crippen LogP contribution in [0.15, 0.2) is 12.3 Å². The minimum atomic E-state index is -0.0105. The SMILES string of the molecule is OCc1cnc(N2CCN3CCCCC3C2)c(Cl)c1. The van der Waals surface area contributed by atoms with E-state index >= 15 is 0 Å². The number of nitrogens with zero attached hydrogens (tertiary/aromatic N) is 3. The van der Waals surface area contributed by atoms with Crippen LogP contribution in [0, 0.1) is 0 Å². The Hall–Kier alpha value is -0.840. The van der Waals surface area contributed by atoms with Gasteiger partial charge in [0.25, 0.3) is 0 Å². The molecule has 0 aromatic carbocycles. The first-order chi connectivity index (χ1) is 9.28. The second-order valence-corrected chi connectivity index (χ2v) is 5.85. The van der Waals surface area contributed by atoms with Gasteiger partial charge in [-0.3, -0.25) is 4.90 Å². The van der Waals surface area contributed by atoms with Gasteiger partial charge in [0.1, 0.15) is 5.82 Å². The van der Waals surface area contributed by atoms with Crippen LogP contribution in [0.5, 0.6) is 0 Å². The molecule has 3 heterocycles. The van der Waals surface area contributed by atoms with Crippen LogP contribution in [0.25, 0.3) is 0 Å². The second-order valence-electron chi connectivity index (χ2n) is 5.44. The predicted molar refractivity (Wildman–Crippen MR) is 76.6 cm³/mol. The van der Waals surface area contributed by atoms with E-state index in [-0.39, 0.29) is 6.61 Å². The Bertz CT molecular complexity index is 454. The van der Waals surface area contributed by atoms with Gasteiger partial charge >= 0.3 is 0 Å². The Morgan fingerprint density at radius 3 is 3.00 bits per heavy atom. The number of piperidine rings is 1. The summed E-state index contributed by atoms with van der Waals surface area (Å²) in [4.78, 5) is 9.31. The van der Waals surface area contributed by atoms with E-state index in [4.69, 9.17) is 16.7 Å². The van der Waals surface area contributed by atoms with Crippen molar-refractivity contribution < 1.29 is 5.11 Å². The summed E-state index contributed by atoms with van der Waals surface area (Å²) in [6.07, 6.45) is 5.66. The third-order valence-electron chi connectivity index (χ3n) is 4.20. The zero-order valence-corrected chi connectivity index (χ0v) is 11.8. The molecule has 2 aliphatic heterocycles. The van der Waals surface area contributed by atoms with Crippen molar-refractivity contribution in [3.05, 3.63) is 22.8 Å². The van der Waals surface area contributed by atoms with E-state index in [2.05, 4.69) is 14.8 Å². The van der Waals surface area contributed by atoms with E-state index in [1.165, 1.54) is 25.8 Å². The van der Waals surface area contributed by atoms with E-state index in [0.29, 0.717) is 11.1 Å². The van der Waals surface area contributed by atoms with Crippen LogP contribution in [-0.2, 0) is 6.61 Å². The number of halogens is 1. The maximum absolute atomic E-state index is 9.10. The number of rotatable bonds is 2. The highest BCUT2D eigenvalue weighted by molar-refractivity contribution is 6.33. The number of aromatic nitrogens is 1. The fourth-order valence-electron chi connectivity index (χ4n) is 3.14. The van der Waals surface area contributed by atoms with Gasteiger partial charge in [-0.25, -0.2) is 4.98 Å². The topological polar surface area (TPSA) is 39.6 Å². The molecule has 0 aliphatic carbocycles. The monoisotopic (exact) mass is 281 g/mol. The average Bonchev–Trinajstić information content (AvgIpc) is 2.46. The molecule has 1 N–H and O–H groups in total. The average molecular weight is 282 g/mol. The van der Waals surface area contributed by atoms with Gasteiger partial charge in [0.05, 0.1) is 11.6 Å². The lowest BCUT2D eigenvalue weighted by atomic mass is 9.99. The molecule has 19 heavy (non-hydrogen) atoms. The molecule has 1 aromatic heterocycles. The highest BCUT2D eigenvalue weighted by atomic mass is 35.5. The quantitative estimate of drug-likeness (QED) is 0.899. The lowest BCUT2D eigenvalue weighted by molar-refractivity contribution is 0.133. The first-order valence-electron chi connectivity index (χ1n) is 7.02. The minimum Gasteiger partial charge on any atom is -0.392 e. The Morgan fingerprint density at radius 1 is 1.32 bits per heavy atom. The van der Waals surface area contributed by atoms with Crippen molar-refractivity contribution in [2.45, 2.75) is 31.9 Å². The van der Waals surface area contributed by atoms with Gasteiger partial charge in [0, 0.05) is 31.9 Å². The molecule has 104 valence electrons. The fraction of sp³-hybridized carbons (Fsp3) is 0.643. The van der Waals surface area contributed by atoms with Crippen LogP contribution >= 0.6 is 11.6 Å². The summed E-state index contributed by atoms with van der Waals surface area (Å²) in [5, 5.41) is 9.75. The van der Waals surface area contributed by atoms with Crippen molar-refractivity contribution in [1.29, 1.82) is 0 Å². The van der Waals surface area contributed by atoms with E-state index in [9.17, 15) is 0 Å². The van der Waals surface area contributed by atoms with Gasteiger partial charge in [-0.1, -0.05) is 18.0 Å². The molecule has 4 nitrogen and oxygen atoms in total. The largest absolute Gasteiger partial charge is 0.392 e. The highest BCUT2D eigenvalue weighted by Crippen LogP contribution is 2.28. The number of aliphatic hydroxyl groups excluding tert-OH is 1. The molecule has 1 atom stereocenters. The van der Waals surface area contributed by atoms with E-state index in [0.717, 1.165) is 31.0 Å². The summed E-state index contributed by atoms with van der Waals surface area (Å²) < 4.78 is 0. The van der Waals surface area contributed by atoms with Crippen molar-refractivity contribution in [1.82, 2.24) is 9.88 Å². The van der Waals surface area contributed by atoms with Crippen LogP contribution < -0.4 is 4.90 Å². The van der Waals surface area contributed by atoms with Gasteiger partial charge in [0.15, 0.2) is 0 Å². The standard InChI is InChI=1S/C14H20ClN3O/c15-13-7-11(10-19)8-16-14(13)18-6-5-17-4-2-1-3-12(17)9-18/h7-8,12,19H,1-6,9-10H2. The van der Waals surface area contributed by atoms with Crippen molar-refractivity contribution in [2.75, 3.05) is 31.1 Å². The Kier molecular flexibility index (Phi) is 3.91. The Morgan fingerprint density at radius 2 is 2.21 bits per heavy atom. The normalized spacial score (nSPS) is 24.3. The van der Waals surface area contributed by atoms with Gasteiger partial charge in [-0.15, -0.1) is 0 Å². The van der Waals surface area contributed by atoms with Gasteiger partial charge in [0.2, 0.25) is 0 Å². The van der Waals surface area contributed by atoms with Crippen LogP contribution in [-0.4, -0.2) is 47.2 Å².